The van der Waals surface area contributed by atoms with Crippen molar-refractivity contribution in [2.45, 2.75) is 35.3 Å². The van der Waals surface area contributed by atoms with E-state index in [2.05, 4.69) is 25.6 Å². The Bertz CT molecular complexity index is 1680. The molecule has 2 N–H and O–H groups in total. The van der Waals surface area contributed by atoms with Gasteiger partial charge in [0.2, 0.25) is 9.84 Å². The Hall–Kier alpha value is -4.00. The Labute approximate surface area is 244 Å². The van der Waals surface area contributed by atoms with Gasteiger partial charge in [0.1, 0.15) is 12.0 Å². The van der Waals surface area contributed by atoms with Crippen molar-refractivity contribution in [2.24, 2.45) is 0 Å². The molecule has 1 saturated heterocycles. The van der Waals surface area contributed by atoms with Gasteiger partial charge >= 0.3 is 0 Å². The number of anilines is 2. The average Bonchev–Trinajstić information content (AvgIpc) is 3.38. The highest BCUT2D eigenvalue weighted by molar-refractivity contribution is 7.91. The zero-order valence-electron chi connectivity index (χ0n) is 23.9. The smallest absolute Gasteiger partial charge is 0.273 e. The van der Waals surface area contributed by atoms with Gasteiger partial charge < -0.3 is 19.9 Å². The number of rotatable bonds is 10. The Balaban J connectivity index is 1.40. The van der Waals surface area contributed by atoms with E-state index in [9.17, 15) is 17.6 Å². The molecule has 1 atom stereocenters. The minimum absolute atomic E-state index is 0.000537. The molecule has 0 radical (unpaired) electrons. The maximum absolute atomic E-state index is 13.7. The van der Waals surface area contributed by atoms with Crippen LogP contribution in [0, 0.1) is 5.82 Å². The predicted molar refractivity (Wildman–Crippen MR) is 161 cm³/mol. The first-order valence-electron chi connectivity index (χ1n) is 13.8. The molecule has 3 aromatic carbocycles. The summed E-state index contributed by atoms with van der Waals surface area (Å²) >= 11 is 0. The number of aromatic nitrogens is 2. The summed E-state index contributed by atoms with van der Waals surface area (Å²) < 4.78 is 45.7. The van der Waals surface area contributed by atoms with Crippen LogP contribution in [0.5, 0.6) is 0 Å². The van der Waals surface area contributed by atoms with Gasteiger partial charge in [0.25, 0.3) is 5.91 Å². The topological polar surface area (TPSA) is 109 Å². The van der Waals surface area contributed by atoms with Gasteiger partial charge in [0, 0.05) is 37.8 Å². The Kier molecular flexibility index (Phi) is 8.76. The molecule has 0 spiro atoms. The molecule has 5 rings (SSSR count). The lowest BCUT2D eigenvalue weighted by Crippen LogP contribution is -2.31. The summed E-state index contributed by atoms with van der Waals surface area (Å²) in [6.45, 7) is 2.36. The van der Waals surface area contributed by atoms with Crippen LogP contribution in [0.15, 0.2) is 76.7 Å². The fourth-order valence-electron chi connectivity index (χ4n) is 4.79. The Morgan fingerprint density at radius 1 is 1.05 bits per heavy atom. The zero-order valence-corrected chi connectivity index (χ0v) is 24.7. The van der Waals surface area contributed by atoms with Crippen LogP contribution >= 0.6 is 0 Å². The van der Waals surface area contributed by atoms with E-state index in [1.165, 1.54) is 41.3 Å². The van der Waals surface area contributed by atoms with Gasteiger partial charge in [-0.15, -0.1) is 0 Å². The second-order valence-electron chi connectivity index (χ2n) is 10.6. The van der Waals surface area contributed by atoms with Crippen molar-refractivity contribution in [3.63, 3.8) is 0 Å². The summed E-state index contributed by atoms with van der Waals surface area (Å²) in [5, 5.41) is 8.18. The third kappa shape index (κ3) is 6.56. The standard InChI is InChI=1S/C30H35FN6O4S/c1-35(2)14-15-36(3)23-10-12-26(27(19-23)33-29-9-4-5-16-41-29)30(38)34-37-28-13-11-25(17-21(28)20-32-37)42(39,40)24-8-6-7-22(31)18-24/h6-8,10-13,17-20,29,33H,4-5,9,14-16H2,1-3H3,(H,34,38). The van der Waals surface area contributed by atoms with Crippen LogP contribution in [0.1, 0.15) is 29.6 Å². The fourth-order valence-corrected chi connectivity index (χ4v) is 6.12. The van der Waals surface area contributed by atoms with Gasteiger partial charge in [-0.25, -0.2) is 18.2 Å². The first kappa shape index (κ1) is 29.5. The van der Waals surface area contributed by atoms with Crippen molar-refractivity contribution >= 4 is 38.0 Å². The van der Waals surface area contributed by atoms with E-state index >= 15 is 0 Å². The molecule has 42 heavy (non-hydrogen) atoms. The van der Waals surface area contributed by atoms with Gasteiger partial charge in [-0.2, -0.15) is 9.89 Å². The highest BCUT2D eigenvalue weighted by atomic mass is 32.2. The number of carbonyl (C=O) groups excluding carboxylic acids is 1. The van der Waals surface area contributed by atoms with Crippen molar-refractivity contribution in [2.75, 3.05) is 56.5 Å². The number of sulfone groups is 1. The SMILES string of the molecule is CN(C)CCN(C)c1ccc(C(=O)Nn2ncc3cc(S(=O)(=O)c4cccc(F)c4)ccc32)c(NC2CCCCO2)c1. The second-order valence-corrected chi connectivity index (χ2v) is 12.6. The number of benzene rings is 3. The summed E-state index contributed by atoms with van der Waals surface area (Å²) in [5.41, 5.74) is 5.35. The van der Waals surface area contributed by atoms with Crippen LogP contribution in [-0.2, 0) is 14.6 Å². The molecular weight excluding hydrogens is 559 g/mol. The summed E-state index contributed by atoms with van der Waals surface area (Å²) in [5.74, 6) is -1.03. The molecule has 1 fully saturated rings. The minimum Gasteiger partial charge on any atom is -0.373 e. The van der Waals surface area contributed by atoms with Gasteiger partial charge in [0.15, 0.2) is 0 Å². The second kappa shape index (κ2) is 12.5. The number of nitrogens with one attached hydrogen (secondary N) is 2. The number of fused-ring (bicyclic) bond motifs is 1. The number of hydrogen-bond donors (Lipinski definition) is 2. The normalized spacial score (nSPS) is 15.6. The van der Waals surface area contributed by atoms with Crippen LogP contribution in [-0.4, -0.2) is 76.2 Å². The van der Waals surface area contributed by atoms with Crippen LogP contribution in [0.3, 0.4) is 0 Å². The van der Waals surface area contributed by atoms with Crippen LogP contribution < -0.4 is 15.6 Å². The predicted octanol–water partition coefficient (Wildman–Crippen LogP) is 4.33. The van der Waals surface area contributed by atoms with E-state index in [1.54, 1.807) is 12.1 Å². The van der Waals surface area contributed by atoms with Crippen molar-refractivity contribution in [3.05, 3.63) is 78.2 Å². The molecule has 1 aliphatic heterocycles. The lowest BCUT2D eigenvalue weighted by atomic mass is 10.1. The maximum Gasteiger partial charge on any atom is 0.273 e. The quantitative estimate of drug-likeness (QED) is 0.279. The number of carbonyl (C=O) groups is 1. The van der Waals surface area contributed by atoms with E-state index in [1.807, 2.05) is 33.3 Å². The summed E-state index contributed by atoms with van der Waals surface area (Å²) in [6.07, 6.45) is 4.16. The molecule has 0 bridgehead atoms. The lowest BCUT2D eigenvalue weighted by Gasteiger charge is -2.27. The molecule has 222 valence electrons. The summed E-state index contributed by atoms with van der Waals surface area (Å²) in [7, 11) is 2.12. The molecule has 0 aliphatic carbocycles. The van der Waals surface area contributed by atoms with E-state index in [0.717, 1.165) is 44.1 Å². The minimum atomic E-state index is -3.94. The van der Waals surface area contributed by atoms with E-state index in [-0.39, 0.29) is 16.0 Å². The van der Waals surface area contributed by atoms with Gasteiger partial charge in [0.05, 0.1) is 32.8 Å². The number of ether oxygens (including phenoxy) is 1. The molecule has 1 amide bonds. The maximum atomic E-state index is 13.7. The third-order valence-corrected chi connectivity index (χ3v) is 8.98. The molecule has 1 aromatic heterocycles. The number of likely N-dealkylation sites (N-methyl/N-ethyl adjacent to an activating group) is 2. The Morgan fingerprint density at radius 2 is 1.86 bits per heavy atom. The zero-order chi connectivity index (χ0) is 29.9. The molecule has 1 unspecified atom stereocenters. The van der Waals surface area contributed by atoms with E-state index in [4.69, 9.17) is 4.74 Å². The van der Waals surface area contributed by atoms with Gasteiger partial charge in [-0.05, 0) is 88.0 Å². The Morgan fingerprint density at radius 3 is 2.60 bits per heavy atom. The van der Waals surface area contributed by atoms with Crippen LogP contribution in [0.4, 0.5) is 15.8 Å². The average molecular weight is 595 g/mol. The number of halogens is 1. The number of hydrogen-bond acceptors (Lipinski definition) is 8. The first-order chi connectivity index (χ1) is 20.1. The molecule has 12 heteroatoms. The monoisotopic (exact) mass is 594 g/mol. The third-order valence-electron chi connectivity index (χ3n) is 7.23. The number of nitrogens with zero attached hydrogens (tertiary/aromatic N) is 4. The molecule has 10 nitrogen and oxygen atoms in total. The molecule has 0 saturated carbocycles. The summed E-state index contributed by atoms with van der Waals surface area (Å²) in [4.78, 5) is 19.0. The molecule has 1 aliphatic rings. The van der Waals surface area contributed by atoms with Crippen molar-refractivity contribution in [1.82, 2.24) is 14.8 Å². The van der Waals surface area contributed by atoms with Crippen LogP contribution in [0.2, 0.25) is 0 Å². The highest BCUT2D eigenvalue weighted by Crippen LogP contribution is 2.28. The highest BCUT2D eigenvalue weighted by Gasteiger charge is 2.22. The lowest BCUT2D eigenvalue weighted by molar-refractivity contribution is 0.0343. The largest absolute Gasteiger partial charge is 0.373 e. The number of amides is 1. The van der Waals surface area contributed by atoms with Gasteiger partial charge in [-0.1, -0.05) is 6.07 Å². The summed E-state index contributed by atoms with van der Waals surface area (Å²) in [6, 6.07) is 14.9. The fraction of sp³-hybridized carbons (Fsp3) is 0.333. The van der Waals surface area contributed by atoms with E-state index < -0.39 is 21.6 Å². The van der Waals surface area contributed by atoms with Crippen molar-refractivity contribution in [1.29, 1.82) is 0 Å². The molecule has 4 aromatic rings. The first-order valence-corrected chi connectivity index (χ1v) is 15.3. The van der Waals surface area contributed by atoms with Crippen molar-refractivity contribution in [3.8, 4) is 0 Å². The molecular formula is C30H35FN6O4S. The van der Waals surface area contributed by atoms with E-state index in [0.29, 0.717) is 28.8 Å². The van der Waals surface area contributed by atoms with Crippen molar-refractivity contribution < 1.29 is 22.3 Å². The molecule has 2 heterocycles. The van der Waals surface area contributed by atoms with Gasteiger partial charge in [-0.3, -0.25) is 4.79 Å². The van der Waals surface area contributed by atoms with Crippen LogP contribution in [0.25, 0.3) is 10.9 Å².